The first-order valence-electron chi connectivity index (χ1n) is 7.89. The lowest BCUT2D eigenvalue weighted by atomic mass is 10.1. The zero-order valence-electron chi connectivity index (χ0n) is 14.1. The molecular formula is C16H30N2O3. The van der Waals surface area contributed by atoms with Crippen LogP contribution < -0.4 is 0 Å². The van der Waals surface area contributed by atoms with Gasteiger partial charge in [0.2, 0.25) is 5.91 Å². The third-order valence-electron chi connectivity index (χ3n) is 3.31. The predicted octanol–water partition coefficient (Wildman–Crippen LogP) is 1.91. The van der Waals surface area contributed by atoms with Gasteiger partial charge in [-0.15, -0.1) is 0 Å². The Morgan fingerprint density at radius 1 is 1.05 bits per heavy atom. The third-order valence-corrected chi connectivity index (χ3v) is 3.31. The van der Waals surface area contributed by atoms with Gasteiger partial charge in [-0.25, -0.2) is 0 Å². The summed E-state index contributed by atoms with van der Waals surface area (Å²) in [6, 6.07) is 0. The Balaban J connectivity index is 2.27. The van der Waals surface area contributed by atoms with Crippen LogP contribution in [0.1, 0.15) is 47.5 Å². The Bertz CT molecular complexity index is 353. The lowest BCUT2D eigenvalue weighted by Crippen LogP contribution is -2.49. The monoisotopic (exact) mass is 298 g/mol. The first kappa shape index (κ1) is 18.0. The Labute approximate surface area is 128 Å². The van der Waals surface area contributed by atoms with Gasteiger partial charge in [0, 0.05) is 39.1 Å². The molecule has 21 heavy (non-hydrogen) atoms. The maximum absolute atomic E-state index is 12.1. The molecular weight excluding hydrogens is 268 g/mol. The Morgan fingerprint density at radius 2 is 1.62 bits per heavy atom. The van der Waals surface area contributed by atoms with Crippen molar-refractivity contribution >= 4 is 11.9 Å². The molecule has 0 aromatic heterocycles. The minimum atomic E-state index is -0.484. The van der Waals surface area contributed by atoms with Gasteiger partial charge in [0.1, 0.15) is 5.60 Å². The van der Waals surface area contributed by atoms with Crippen LogP contribution in [-0.2, 0) is 14.3 Å². The molecule has 5 heteroatoms. The molecule has 1 rings (SSSR count). The molecule has 1 fully saturated rings. The fourth-order valence-corrected chi connectivity index (χ4v) is 2.46. The van der Waals surface area contributed by atoms with Gasteiger partial charge in [0.25, 0.3) is 0 Å². The van der Waals surface area contributed by atoms with Crippen LogP contribution in [0.25, 0.3) is 0 Å². The summed E-state index contributed by atoms with van der Waals surface area (Å²) in [7, 11) is 0. The SMILES string of the molecule is CC(C)CN1CCN(C(=O)CCC(=O)OC(C)(C)C)CC1. The summed E-state index contributed by atoms with van der Waals surface area (Å²) in [6.45, 7) is 14.4. The largest absolute Gasteiger partial charge is 0.460 e. The summed E-state index contributed by atoms with van der Waals surface area (Å²) in [5.41, 5.74) is -0.484. The van der Waals surface area contributed by atoms with Crippen molar-refractivity contribution in [3.8, 4) is 0 Å². The summed E-state index contributed by atoms with van der Waals surface area (Å²) in [5.74, 6) is 0.416. The van der Waals surface area contributed by atoms with Crippen LogP contribution in [0.3, 0.4) is 0 Å². The van der Waals surface area contributed by atoms with Crippen LogP contribution in [0, 0.1) is 5.92 Å². The van der Waals surface area contributed by atoms with Crippen molar-refractivity contribution in [3.63, 3.8) is 0 Å². The number of hydrogen-bond acceptors (Lipinski definition) is 4. The van der Waals surface area contributed by atoms with E-state index in [1.165, 1.54) is 0 Å². The molecule has 0 unspecified atom stereocenters. The van der Waals surface area contributed by atoms with Gasteiger partial charge in [0.05, 0.1) is 6.42 Å². The second-order valence-electron chi connectivity index (χ2n) is 7.16. The zero-order valence-corrected chi connectivity index (χ0v) is 14.1. The average Bonchev–Trinajstić information content (AvgIpc) is 2.34. The van der Waals surface area contributed by atoms with E-state index in [4.69, 9.17) is 4.74 Å². The molecule has 0 spiro atoms. The van der Waals surface area contributed by atoms with E-state index in [9.17, 15) is 9.59 Å². The van der Waals surface area contributed by atoms with Crippen molar-refractivity contribution in [1.29, 1.82) is 0 Å². The molecule has 1 amide bonds. The highest BCUT2D eigenvalue weighted by Crippen LogP contribution is 2.11. The highest BCUT2D eigenvalue weighted by Gasteiger charge is 2.23. The predicted molar refractivity (Wildman–Crippen MR) is 82.9 cm³/mol. The van der Waals surface area contributed by atoms with E-state index < -0.39 is 5.60 Å². The zero-order chi connectivity index (χ0) is 16.0. The number of rotatable bonds is 5. The van der Waals surface area contributed by atoms with Gasteiger partial charge in [-0.3, -0.25) is 14.5 Å². The summed E-state index contributed by atoms with van der Waals surface area (Å²) in [6.07, 6.45) is 0.418. The van der Waals surface area contributed by atoms with Crippen LogP contribution >= 0.6 is 0 Å². The molecule has 0 radical (unpaired) electrons. The highest BCUT2D eigenvalue weighted by atomic mass is 16.6. The Hall–Kier alpha value is -1.10. The van der Waals surface area contributed by atoms with Crippen LogP contribution in [0.2, 0.25) is 0 Å². The van der Waals surface area contributed by atoms with Crippen LogP contribution in [0.4, 0.5) is 0 Å². The number of ether oxygens (including phenoxy) is 1. The normalized spacial score (nSPS) is 17.1. The number of carbonyl (C=O) groups is 2. The van der Waals surface area contributed by atoms with Gasteiger partial charge < -0.3 is 9.64 Å². The number of carbonyl (C=O) groups excluding carboxylic acids is 2. The van der Waals surface area contributed by atoms with Crippen molar-refractivity contribution in [2.75, 3.05) is 32.7 Å². The highest BCUT2D eigenvalue weighted by molar-refractivity contribution is 5.81. The van der Waals surface area contributed by atoms with Gasteiger partial charge >= 0.3 is 5.97 Å². The summed E-state index contributed by atoms with van der Waals surface area (Å²) in [5, 5.41) is 0. The quantitative estimate of drug-likeness (QED) is 0.728. The van der Waals surface area contributed by atoms with E-state index >= 15 is 0 Å². The maximum Gasteiger partial charge on any atom is 0.306 e. The molecule has 0 N–H and O–H groups in total. The van der Waals surface area contributed by atoms with Gasteiger partial charge in [-0.2, -0.15) is 0 Å². The molecule has 0 aliphatic carbocycles. The molecule has 1 aliphatic heterocycles. The average molecular weight is 298 g/mol. The molecule has 0 aromatic rings. The van der Waals surface area contributed by atoms with Crippen molar-refractivity contribution < 1.29 is 14.3 Å². The van der Waals surface area contributed by atoms with Crippen molar-refractivity contribution in [1.82, 2.24) is 9.80 Å². The van der Waals surface area contributed by atoms with E-state index in [1.54, 1.807) is 0 Å². The number of esters is 1. The van der Waals surface area contributed by atoms with Crippen LogP contribution in [0.5, 0.6) is 0 Å². The van der Waals surface area contributed by atoms with E-state index in [2.05, 4.69) is 18.7 Å². The van der Waals surface area contributed by atoms with Gasteiger partial charge in [-0.1, -0.05) is 13.8 Å². The molecule has 122 valence electrons. The number of nitrogens with zero attached hydrogens (tertiary/aromatic N) is 2. The number of piperazine rings is 1. The maximum atomic E-state index is 12.1. The minimum Gasteiger partial charge on any atom is -0.460 e. The second-order valence-corrected chi connectivity index (χ2v) is 7.16. The molecule has 5 nitrogen and oxygen atoms in total. The topological polar surface area (TPSA) is 49.9 Å². The van der Waals surface area contributed by atoms with Crippen molar-refractivity contribution in [3.05, 3.63) is 0 Å². The second kappa shape index (κ2) is 7.78. The van der Waals surface area contributed by atoms with E-state index in [0.29, 0.717) is 5.92 Å². The lowest BCUT2D eigenvalue weighted by Gasteiger charge is -2.35. The first-order chi connectivity index (χ1) is 9.67. The first-order valence-corrected chi connectivity index (χ1v) is 7.89. The molecule has 1 heterocycles. The molecule has 0 saturated carbocycles. The number of hydrogen-bond donors (Lipinski definition) is 0. The summed E-state index contributed by atoms with van der Waals surface area (Å²) in [4.78, 5) is 28.0. The standard InChI is InChI=1S/C16H30N2O3/c1-13(2)12-17-8-10-18(11-9-17)14(19)6-7-15(20)21-16(3,4)5/h13H,6-12H2,1-5H3. The smallest absolute Gasteiger partial charge is 0.306 e. The third kappa shape index (κ3) is 7.46. The fraction of sp³-hybridized carbons (Fsp3) is 0.875. The summed E-state index contributed by atoms with van der Waals surface area (Å²) >= 11 is 0. The van der Waals surface area contributed by atoms with E-state index in [1.807, 2.05) is 25.7 Å². The van der Waals surface area contributed by atoms with E-state index in [-0.39, 0.29) is 24.7 Å². The van der Waals surface area contributed by atoms with Gasteiger partial charge in [0.15, 0.2) is 0 Å². The fourth-order valence-electron chi connectivity index (χ4n) is 2.46. The van der Waals surface area contributed by atoms with Crippen LogP contribution in [0.15, 0.2) is 0 Å². The lowest BCUT2D eigenvalue weighted by molar-refractivity contribution is -0.156. The van der Waals surface area contributed by atoms with Crippen LogP contribution in [-0.4, -0.2) is 60.0 Å². The van der Waals surface area contributed by atoms with E-state index in [0.717, 1.165) is 32.7 Å². The Morgan fingerprint density at radius 3 is 2.10 bits per heavy atom. The molecule has 1 saturated heterocycles. The van der Waals surface area contributed by atoms with Crippen molar-refractivity contribution in [2.45, 2.75) is 53.1 Å². The Kier molecular flexibility index (Phi) is 6.65. The number of amides is 1. The molecule has 0 aromatic carbocycles. The van der Waals surface area contributed by atoms with Gasteiger partial charge in [-0.05, 0) is 26.7 Å². The molecule has 0 bridgehead atoms. The molecule has 1 aliphatic rings. The summed E-state index contributed by atoms with van der Waals surface area (Å²) < 4.78 is 5.22. The minimum absolute atomic E-state index is 0.0602. The van der Waals surface area contributed by atoms with Crippen molar-refractivity contribution in [2.24, 2.45) is 5.92 Å². The molecule has 0 atom stereocenters.